The molecule has 1 heterocycles. The molecule has 0 atom stereocenters. The summed E-state index contributed by atoms with van der Waals surface area (Å²) in [6, 6.07) is 9.90. The molecule has 0 bridgehead atoms. The van der Waals surface area contributed by atoms with Gasteiger partial charge < -0.3 is 9.64 Å². The molecule has 0 aliphatic rings. The van der Waals surface area contributed by atoms with Crippen LogP contribution in [0.3, 0.4) is 0 Å². The lowest BCUT2D eigenvalue weighted by atomic mass is 10.2. The molecule has 2 aromatic rings. The zero-order chi connectivity index (χ0) is 14.7. The Kier molecular flexibility index (Phi) is 4.08. The normalized spacial score (nSPS) is 10.4. The van der Waals surface area contributed by atoms with Gasteiger partial charge in [-0.05, 0) is 26.0 Å². The maximum atomic E-state index is 11.7. The minimum atomic E-state index is -0.397. The van der Waals surface area contributed by atoms with Gasteiger partial charge in [-0.3, -0.25) is 4.68 Å². The van der Waals surface area contributed by atoms with Gasteiger partial charge in [0.25, 0.3) is 0 Å². The quantitative estimate of drug-likeness (QED) is 0.804. The van der Waals surface area contributed by atoms with Crippen molar-refractivity contribution in [1.82, 2.24) is 9.78 Å². The molecule has 0 amide bonds. The second kappa shape index (κ2) is 5.77. The van der Waals surface area contributed by atoms with Crippen molar-refractivity contribution in [3.05, 3.63) is 41.6 Å². The average molecular weight is 273 g/mol. The summed E-state index contributed by atoms with van der Waals surface area (Å²) in [6.07, 6.45) is 0. The Balaban J connectivity index is 2.28. The summed E-state index contributed by atoms with van der Waals surface area (Å²) in [7, 11) is 3.75. The first-order valence-electron chi connectivity index (χ1n) is 6.54. The summed E-state index contributed by atoms with van der Waals surface area (Å²) in [5, 5.41) is 4.19. The van der Waals surface area contributed by atoms with Crippen LogP contribution in [0.5, 0.6) is 0 Å². The van der Waals surface area contributed by atoms with E-state index in [9.17, 15) is 4.79 Å². The molecule has 1 aromatic carbocycles. The SMILES string of the molecule is CCOC(=O)c1cc(N(C)c2ccc(C)cc2)n(C)n1. The number of anilines is 2. The highest BCUT2D eigenvalue weighted by molar-refractivity contribution is 5.88. The largest absolute Gasteiger partial charge is 0.461 e. The van der Waals surface area contributed by atoms with E-state index in [0.717, 1.165) is 11.5 Å². The van der Waals surface area contributed by atoms with Gasteiger partial charge in [0.05, 0.1) is 6.61 Å². The van der Waals surface area contributed by atoms with Crippen LogP contribution in [0.2, 0.25) is 0 Å². The Hall–Kier alpha value is -2.30. The molecule has 0 spiro atoms. The smallest absolute Gasteiger partial charge is 0.358 e. The van der Waals surface area contributed by atoms with Crippen LogP contribution in [0, 0.1) is 6.92 Å². The van der Waals surface area contributed by atoms with E-state index >= 15 is 0 Å². The number of nitrogens with zero attached hydrogens (tertiary/aromatic N) is 3. The first kappa shape index (κ1) is 14.1. The Labute approximate surface area is 118 Å². The van der Waals surface area contributed by atoms with E-state index in [0.29, 0.717) is 12.3 Å². The Morgan fingerprint density at radius 3 is 2.60 bits per heavy atom. The zero-order valence-corrected chi connectivity index (χ0v) is 12.3. The van der Waals surface area contributed by atoms with Gasteiger partial charge in [-0.2, -0.15) is 5.10 Å². The fourth-order valence-electron chi connectivity index (χ4n) is 1.98. The molecule has 0 N–H and O–H groups in total. The van der Waals surface area contributed by atoms with Crippen molar-refractivity contribution >= 4 is 17.5 Å². The van der Waals surface area contributed by atoms with Crippen LogP contribution in [-0.2, 0) is 11.8 Å². The standard InChI is InChI=1S/C15H19N3O2/c1-5-20-15(19)13-10-14(18(4)16-13)17(3)12-8-6-11(2)7-9-12/h6-10H,5H2,1-4H3. The van der Waals surface area contributed by atoms with Crippen molar-refractivity contribution < 1.29 is 9.53 Å². The van der Waals surface area contributed by atoms with Gasteiger partial charge in [0.15, 0.2) is 5.69 Å². The van der Waals surface area contributed by atoms with Crippen LogP contribution < -0.4 is 4.90 Å². The molecule has 5 nitrogen and oxygen atoms in total. The molecule has 0 saturated carbocycles. The fourth-order valence-corrected chi connectivity index (χ4v) is 1.98. The van der Waals surface area contributed by atoms with Crippen LogP contribution >= 0.6 is 0 Å². The lowest BCUT2D eigenvalue weighted by molar-refractivity contribution is 0.0518. The highest BCUT2D eigenvalue weighted by Crippen LogP contribution is 2.24. The van der Waals surface area contributed by atoms with Gasteiger partial charge in [0, 0.05) is 25.8 Å². The number of esters is 1. The molecule has 0 aliphatic heterocycles. The van der Waals surface area contributed by atoms with E-state index in [1.807, 2.05) is 38.1 Å². The van der Waals surface area contributed by atoms with E-state index in [1.54, 1.807) is 17.7 Å². The summed E-state index contributed by atoms with van der Waals surface area (Å²) < 4.78 is 6.64. The zero-order valence-electron chi connectivity index (χ0n) is 12.3. The maximum Gasteiger partial charge on any atom is 0.358 e. The third-order valence-corrected chi connectivity index (χ3v) is 3.10. The Morgan fingerprint density at radius 1 is 1.35 bits per heavy atom. The number of rotatable bonds is 4. The molecular formula is C15H19N3O2. The summed E-state index contributed by atoms with van der Waals surface area (Å²) >= 11 is 0. The molecule has 0 fully saturated rings. The molecule has 1 aromatic heterocycles. The van der Waals surface area contributed by atoms with E-state index in [-0.39, 0.29) is 0 Å². The van der Waals surface area contributed by atoms with Crippen LogP contribution in [0.1, 0.15) is 23.0 Å². The van der Waals surface area contributed by atoms with Crippen molar-refractivity contribution in [2.75, 3.05) is 18.6 Å². The van der Waals surface area contributed by atoms with Crippen LogP contribution in [0.4, 0.5) is 11.5 Å². The number of carbonyl (C=O) groups is 1. The highest BCUT2D eigenvalue weighted by atomic mass is 16.5. The molecule has 20 heavy (non-hydrogen) atoms. The Morgan fingerprint density at radius 2 is 2.00 bits per heavy atom. The molecule has 0 radical (unpaired) electrons. The molecule has 0 unspecified atom stereocenters. The summed E-state index contributed by atoms with van der Waals surface area (Å²) in [4.78, 5) is 13.7. The van der Waals surface area contributed by atoms with E-state index in [1.165, 1.54) is 5.56 Å². The number of hydrogen-bond donors (Lipinski definition) is 0. The van der Waals surface area contributed by atoms with Gasteiger partial charge in [-0.1, -0.05) is 17.7 Å². The highest BCUT2D eigenvalue weighted by Gasteiger charge is 2.16. The summed E-state index contributed by atoms with van der Waals surface area (Å²) in [5.41, 5.74) is 2.57. The van der Waals surface area contributed by atoms with Crippen molar-refractivity contribution in [3.63, 3.8) is 0 Å². The minimum Gasteiger partial charge on any atom is -0.461 e. The Bertz CT molecular complexity index is 602. The van der Waals surface area contributed by atoms with Gasteiger partial charge in [0.1, 0.15) is 5.82 Å². The molecular weight excluding hydrogens is 254 g/mol. The fraction of sp³-hybridized carbons (Fsp3) is 0.333. The second-order valence-corrected chi connectivity index (χ2v) is 4.63. The summed E-state index contributed by atoms with van der Waals surface area (Å²) in [5.74, 6) is 0.434. The average Bonchev–Trinajstić information content (AvgIpc) is 2.81. The third-order valence-electron chi connectivity index (χ3n) is 3.10. The number of benzene rings is 1. The number of ether oxygens (including phenoxy) is 1. The van der Waals surface area contributed by atoms with Crippen molar-refractivity contribution in [2.45, 2.75) is 13.8 Å². The van der Waals surface area contributed by atoms with Gasteiger partial charge in [-0.25, -0.2) is 4.79 Å². The van der Waals surface area contributed by atoms with Crippen molar-refractivity contribution in [1.29, 1.82) is 0 Å². The number of aromatic nitrogens is 2. The first-order chi connectivity index (χ1) is 9.52. The lowest BCUT2D eigenvalue weighted by Gasteiger charge is -2.19. The van der Waals surface area contributed by atoms with E-state index in [2.05, 4.69) is 17.2 Å². The van der Waals surface area contributed by atoms with E-state index in [4.69, 9.17) is 4.74 Å². The number of aryl methyl sites for hydroxylation is 2. The predicted octanol–water partition coefficient (Wildman–Crippen LogP) is 2.67. The van der Waals surface area contributed by atoms with Crippen molar-refractivity contribution in [2.24, 2.45) is 7.05 Å². The minimum absolute atomic E-state index is 0.323. The second-order valence-electron chi connectivity index (χ2n) is 4.63. The van der Waals surface area contributed by atoms with Crippen LogP contribution in [0.15, 0.2) is 30.3 Å². The molecule has 0 aliphatic carbocycles. The molecule has 2 rings (SSSR count). The van der Waals surface area contributed by atoms with Crippen molar-refractivity contribution in [3.8, 4) is 0 Å². The van der Waals surface area contributed by atoms with E-state index < -0.39 is 5.97 Å². The molecule has 5 heteroatoms. The predicted molar refractivity (Wildman–Crippen MR) is 78.4 cm³/mol. The van der Waals surface area contributed by atoms with Gasteiger partial charge >= 0.3 is 5.97 Å². The number of carbonyl (C=O) groups excluding carboxylic acids is 1. The van der Waals surface area contributed by atoms with Gasteiger partial charge in [-0.15, -0.1) is 0 Å². The summed E-state index contributed by atoms with van der Waals surface area (Å²) in [6.45, 7) is 4.17. The monoisotopic (exact) mass is 273 g/mol. The van der Waals surface area contributed by atoms with Crippen LogP contribution in [-0.4, -0.2) is 29.4 Å². The first-order valence-corrected chi connectivity index (χ1v) is 6.54. The number of hydrogen-bond acceptors (Lipinski definition) is 4. The molecule has 106 valence electrons. The molecule has 0 saturated heterocycles. The third kappa shape index (κ3) is 2.82. The van der Waals surface area contributed by atoms with Gasteiger partial charge in [0.2, 0.25) is 0 Å². The van der Waals surface area contributed by atoms with Crippen LogP contribution in [0.25, 0.3) is 0 Å². The topological polar surface area (TPSA) is 47.4 Å². The maximum absolute atomic E-state index is 11.7. The lowest BCUT2D eigenvalue weighted by Crippen LogP contribution is -2.13.